The molecular weight excluding hydrogens is 558 g/mol. The van der Waals surface area contributed by atoms with Crippen LogP contribution in [0.1, 0.15) is 62.3 Å². The molecule has 2 aromatic heterocycles. The van der Waals surface area contributed by atoms with Crippen molar-refractivity contribution in [2.45, 2.75) is 38.2 Å². The van der Waals surface area contributed by atoms with Crippen molar-refractivity contribution in [2.75, 3.05) is 5.32 Å². The molecule has 0 spiro atoms. The van der Waals surface area contributed by atoms with Crippen LogP contribution in [-0.2, 0) is 11.4 Å². The maximum Gasteiger partial charge on any atom is 0.337 e. The SMILES string of the molecule is Cc1nn(-c2ccccc2C(=O)O)c2c1C(c1cccc(OCc3ccccc3)c1)C1=C(CC(c3cccs3)CC1=O)N2. The summed E-state index contributed by atoms with van der Waals surface area (Å²) in [7, 11) is 0. The number of hydrogen-bond acceptors (Lipinski definition) is 6. The second-order valence-electron chi connectivity index (χ2n) is 10.9. The first kappa shape index (κ1) is 26.9. The Hall–Kier alpha value is -4.95. The Morgan fingerprint density at radius 2 is 1.84 bits per heavy atom. The monoisotopic (exact) mass is 587 g/mol. The summed E-state index contributed by atoms with van der Waals surface area (Å²) in [5.74, 6) is 0.171. The molecule has 8 heteroatoms. The molecule has 0 bridgehead atoms. The fourth-order valence-corrected chi connectivity index (χ4v) is 7.10. The van der Waals surface area contributed by atoms with E-state index in [0.29, 0.717) is 36.7 Å². The van der Waals surface area contributed by atoms with Crippen LogP contribution in [0.25, 0.3) is 5.69 Å². The normalized spacial score (nSPS) is 17.7. The van der Waals surface area contributed by atoms with Gasteiger partial charge in [0.15, 0.2) is 5.78 Å². The van der Waals surface area contributed by atoms with Crippen LogP contribution in [0, 0.1) is 6.92 Å². The Labute approximate surface area is 253 Å². The average Bonchev–Trinajstić information content (AvgIpc) is 3.68. The number of anilines is 1. The first-order chi connectivity index (χ1) is 21.0. The number of hydrogen-bond donors (Lipinski definition) is 2. The number of carboxylic acid groups (broad SMARTS) is 1. The van der Waals surface area contributed by atoms with Crippen molar-refractivity contribution in [3.05, 3.63) is 140 Å². The minimum atomic E-state index is -1.03. The largest absolute Gasteiger partial charge is 0.489 e. The van der Waals surface area contributed by atoms with Gasteiger partial charge < -0.3 is 15.2 Å². The van der Waals surface area contributed by atoms with Crippen molar-refractivity contribution in [2.24, 2.45) is 0 Å². The zero-order valence-corrected chi connectivity index (χ0v) is 24.3. The zero-order chi connectivity index (χ0) is 29.5. The van der Waals surface area contributed by atoms with Crippen LogP contribution in [0.5, 0.6) is 5.75 Å². The van der Waals surface area contributed by atoms with E-state index in [0.717, 1.165) is 33.7 Å². The van der Waals surface area contributed by atoms with Crippen LogP contribution in [0.15, 0.2) is 108 Å². The maximum absolute atomic E-state index is 14.0. The first-order valence-electron chi connectivity index (χ1n) is 14.2. The van der Waals surface area contributed by atoms with Gasteiger partial charge in [-0.15, -0.1) is 11.3 Å². The number of allylic oxidation sites excluding steroid dienone is 2. The number of Topliss-reactive ketones (excluding diaryl/α,β-unsaturated/α-hetero) is 1. The van der Waals surface area contributed by atoms with Crippen molar-refractivity contribution in [1.82, 2.24) is 9.78 Å². The maximum atomic E-state index is 14.0. The number of carbonyl (C=O) groups excluding carboxylic acids is 1. The van der Waals surface area contributed by atoms with Gasteiger partial charge in [0.25, 0.3) is 0 Å². The third-order valence-electron chi connectivity index (χ3n) is 8.21. The molecule has 2 atom stereocenters. The Balaban J connectivity index is 1.36. The number of carbonyl (C=O) groups is 2. The van der Waals surface area contributed by atoms with Crippen molar-refractivity contribution >= 4 is 28.9 Å². The van der Waals surface area contributed by atoms with Crippen LogP contribution in [0.4, 0.5) is 5.82 Å². The summed E-state index contributed by atoms with van der Waals surface area (Å²) in [5, 5.41) is 20.4. The minimum absolute atomic E-state index is 0.0743. The van der Waals surface area contributed by atoms with Gasteiger partial charge in [0.2, 0.25) is 0 Å². The lowest BCUT2D eigenvalue weighted by Crippen LogP contribution is -2.30. The van der Waals surface area contributed by atoms with Gasteiger partial charge in [0.05, 0.1) is 16.9 Å². The van der Waals surface area contributed by atoms with E-state index in [1.54, 1.807) is 40.3 Å². The summed E-state index contributed by atoms with van der Waals surface area (Å²) >= 11 is 1.67. The van der Waals surface area contributed by atoms with E-state index in [4.69, 9.17) is 9.84 Å². The highest BCUT2D eigenvalue weighted by Gasteiger charge is 2.41. The highest BCUT2D eigenvalue weighted by Crippen LogP contribution is 2.50. The number of ketones is 1. The number of aromatic carboxylic acids is 1. The number of carboxylic acids is 1. The molecule has 0 saturated heterocycles. The van der Waals surface area contributed by atoms with Crippen molar-refractivity contribution in [3.63, 3.8) is 0 Å². The molecule has 2 unspecified atom stereocenters. The molecule has 2 N–H and O–H groups in total. The molecule has 0 radical (unpaired) electrons. The van der Waals surface area contributed by atoms with Crippen LogP contribution in [0.2, 0.25) is 0 Å². The zero-order valence-electron chi connectivity index (χ0n) is 23.5. The molecule has 1 aliphatic heterocycles. The fraction of sp³-hybridized carbons (Fsp3) is 0.171. The number of para-hydroxylation sites is 1. The molecule has 2 aliphatic rings. The quantitative estimate of drug-likeness (QED) is 0.205. The highest BCUT2D eigenvalue weighted by atomic mass is 32.1. The summed E-state index contributed by atoms with van der Waals surface area (Å²) in [6.45, 7) is 2.34. The van der Waals surface area contributed by atoms with Gasteiger partial charge in [0, 0.05) is 40.0 Å². The van der Waals surface area contributed by atoms with Gasteiger partial charge in [0.1, 0.15) is 18.2 Å². The number of nitrogens with zero attached hydrogens (tertiary/aromatic N) is 2. The topological polar surface area (TPSA) is 93.5 Å². The molecular formula is C35H29N3O4S. The molecule has 0 fully saturated rings. The Morgan fingerprint density at radius 3 is 2.63 bits per heavy atom. The molecule has 0 saturated carbocycles. The number of fused-ring (bicyclic) bond motifs is 1. The summed E-state index contributed by atoms with van der Waals surface area (Å²) < 4.78 is 7.87. The molecule has 0 amide bonds. The van der Waals surface area contributed by atoms with E-state index < -0.39 is 5.97 Å². The summed E-state index contributed by atoms with van der Waals surface area (Å²) in [6, 6.07) is 28.9. The number of benzene rings is 3. The summed E-state index contributed by atoms with van der Waals surface area (Å²) in [4.78, 5) is 27.4. The summed E-state index contributed by atoms with van der Waals surface area (Å²) in [6.07, 6.45) is 1.11. The van der Waals surface area contributed by atoms with Crippen LogP contribution in [-0.4, -0.2) is 26.6 Å². The Kier molecular flexibility index (Phi) is 6.91. The number of nitrogens with one attached hydrogen (secondary N) is 1. The van der Waals surface area contributed by atoms with Crippen LogP contribution < -0.4 is 10.1 Å². The van der Waals surface area contributed by atoms with Gasteiger partial charge in [-0.05, 0) is 60.2 Å². The Bertz CT molecular complexity index is 1870. The number of aryl methyl sites for hydroxylation is 1. The second-order valence-corrected chi connectivity index (χ2v) is 11.9. The smallest absolute Gasteiger partial charge is 0.337 e. The molecule has 3 heterocycles. The van der Waals surface area contributed by atoms with Crippen molar-refractivity contribution < 1.29 is 19.4 Å². The second kappa shape index (κ2) is 11.0. The van der Waals surface area contributed by atoms with E-state index in [1.165, 1.54) is 4.88 Å². The first-order valence-corrected chi connectivity index (χ1v) is 15.1. The Morgan fingerprint density at radius 1 is 1.02 bits per heavy atom. The molecule has 7 nitrogen and oxygen atoms in total. The number of aromatic nitrogens is 2. The summed E-state index contributed by atoms with van der Waals surface area (Å²) in [5.41, 5.74) is 5.80. The molecule has 7 rings (SSSR count). The van der Waals surface area contributed by atoms with Gasteiger partial charge in [-0.3, -0.25) is 4.79 Å². The van der Waals surface area contributed by atoms with Gasteiger partial charge >= 0.3 is 5.97 Å². The van der Waals surface area contributed by atoms with Crippen LogP contribution in [0.3, 0.4) is 0 Å². The molecule has 214 valence electrons. The average molecular weight is 588 g/mol. The van der Waals surface area contributed by atoms with Gasteiger partial charge in [-0.25, -0.2) is 9.48 Å². The van der Waals surface area contributed by atoms with E-state index in [1.807, 2.05) is 73.0 Å². The van der Waals surface area contributed by atoms with E-state index in [-0.39, 0.29) is 23.2 Å². The van der Waals surface area contributed by atoms with Crippen molar-refractivity contribution in [3.8, 4) is 11.4 Å². The third kappa shape index (κ3) is 4.93. The fourth-order valence-electron chi connectivity index (χ4n) is 6.27. The van der Waals surface area contributed by atoms with Crippen LogP contribution >= 0.6 is 11.3 Å². The molecule has 3 aromatic carbocycles. The lowest BCUT2D eigenvalue weighted by atomic mass is 9.73. The molecule has 5 aromatic rings. The van der Waals surface area contributed by atoms with E-state index in [2.05, 4.69) is 11.4 Å². The number of thiophene rings is 1. The predicted molar refractivity (Wildman–Crippen MR) is 166 cm³/mol. The molecule has 1 aliphatic carbocycles. The molecule has 43 heavy (non-hydrogen) atoms. The predicted octanol–water partition coefficient (Wildman–Crippen LogP) is 7.48. The number of ether oxygens (including phenoxy) is 1. The number of rotatable bonds is 7. The van der Waals surface area contributed by atoms with E-state index in [9.17, 15) is 14.7 Å². The third-order valence-corrected chi connectivity index (χ3v) is 9.24. The lowest BCUT2D eigenvalue weighted by molar-refractivity contribution is -0.116. The minimum Gasteiger partial charge on any atom is -0.489 e. The highest BCUT2D eigenvalue weighted by molar-refractivity contribution is 7.10. The standard InChI is InChI=1S/C35H29N3O4S/c1-21-31-32(23-11-7-12-25(17-23)42-20-22-9-3-2-4-10-22)33-27(18-24(19-29(33)39)30-15-8-16-43-30)36-34(31)38(37-21)28-14-6-5-13-26(28)35(40)41/h2-17,24,32,36H,18-20H2,1H3,(H,40,41). The lowest BCUT2D eigenvalue weighted by Gasteiger charge is -2.35. The van der Waals surface area contributed by atoms with E-state index >= 15 is 0 Å². The van der Waals surface area contributed by atoms with Crippen molar-refractivity contribution in [1.29, 1.82) is 0 Å². The van der Waals surface area contributed by atoms with Gasteiger partial charge in [-0.1, -0.05) is 60.7 Å². The van der Waals surface area contributed by atoms with Gasteiger partial charge in [-0.2, -0.15) is 5.10 Å².